The molecule has 4 rings (SSSR count). The zero-order valence-electron chi connectivity index (χ0n) is 17.1. The summed E-state index contributed by atoms with van der Waals surface area (Å²) in [5.74, 6) is 0.938. The lowest BCUT2D eigenvalue weighted by Gasteiger charge is -2.36. The number of para-hydroxylation sites is 1. The smallest absolute Gasteiger partial charge is 0.119 e. The van der Waals surface area contributed by atoms with E-state index in [1.807, 2.05) is 30.3 Å². The Morgan fingerprint density at radius 2 is 0.933 bits per heavy atom. The van der Waals surface area contributed by atoms with Gasteiger partial charge in [-0.25, -0.2) is 0 Å². The molecule has 0 spiro atoms. The second kappa shape index (κ2) is 10.2. The normalized spacial score (nSPS) is 11.2. The minimum Gasteiger partial charge on any atom is -0.494 e. The Morgan fingerprint density at radius 1 is 0.533 bits per heavy atom. The molecular weight excluding hydrogens is 383 g/mol. The van der Waals surface area contributed by atoms with Crippen molar-refractivity contribution < 1.29 is 4.74 Å². The van der Waals surface area contributed by atoms with Crippen LogP contribution in [0.15, 0.2) is 121 Å². The molecule has 0 N–H and O–H groups in total. The van der Waals surface area contributed by atoms with Gasteiger partial charge in [0, 0.05) is 0 Å². The first-order valence-corrected chi connectivity index (χ1v) is 12.3. The maximum atomic E-state index is 5.93. The van der Waals surface area contributed by atoms with E-state index in [1.54, 1.807) is 0 Å². The molecule has 150 valence electrons. The van der Waals surface area contributed by atoms with Crippen molar-refractivity contribution in [3.05, 3.63) is 127 Å². The van der Waals surface area contributed by atoms with Gasteiger partial charge in [-0.2, -0.15) is 6.16 Å². The van der Waals surface area contributed by atoms with Crippen LogP contribution in [0.1, 0.15) is 12.8 Å². The Labute approximate surface area is 180 Å². The summed E-state index contributed by atoms with van der Waals surface area (Å²) in [5.41, 5.74) is 0. The fraction of sp³-hybridized carbons (Fsp3) is 0.107. The second-order valence-electron chi connectivity index (χ2n) is 7.22. The molecule has 0 saturated carbocycles. The summed E-state index contributed by atoms with van der Waals surface area (Å²) in [6.07, 6.45) is 4.56. The van der Waals surface area contributed by atoms with Crippen LogP contribution in [-0.4, -0.2) is 6.61 Å². The lowest BCUT2D eigenvalue weighted by Crippen LogP contribution is -2.31. The molecule has 0 aliphatic carbocycles. The molecule has 1 nitrogen and oxygen atoms in total. The van der Waals surface area contributed by atoms with E-state index in [4.69, 9.17) is 4.74 Å². The van der Waals surface area contributed by atoms with Crippen LogP contribution in [0.3, 0.4) is 0 Å². The fourth-order valence-electron chi connectivity index (χ4n) is 3.83. The van der Waals surface area contributed by atoms with Gasteiger partial charge in [0.25, 0.3) is 0 Å². The Hall–Kier alpha value is -2.89. The van der Waals surface area contributed by atoms with Crippen LogP contribution < -0.4 is 20.7 Å². The first-order valence-electron chi connectivity index (χ1n) is 10.5. The van der Waals surface area contributed by atoms with Crippen LogP contribution in [0, 0.1) is 6.16 Å². The standard InChI is InChI=1S/C28H27OP/c1-5-15-25(16-6-1)29-23-13-14-24-30(26-17-7-2-8-18-26,27-19-9-3-10-20-27)28-21-11-4-12-22-28/h1-12,15-22,24H,13-14,23H2. The summed E-state index contributed by atoms with van der Waals surface area (Å²) >= 11 is 0. The van der Waals surface area contributed by atoms with E-state index >= 15 is 0 Å². The number of benzene rings is 4. The second-order valence-corrected chi connectivity index (χ2v) is 10.6. The minimum atomic E-state index is -1.85. The Balaban J connectivity index is 1.61. The molecule has 0 aliphatic heterocycles. The van der Waals surface area contributed by atoms with Crippen molar-refractivity contribution in [3.8, 4) is 5.75 Å². The third-order valence-corrected chi connectivity index (χ3v) is 9.40. The van der Waals surface area contributed by atoms with Gasteiger partial charge in [-0.3, -0.25) is 0 Å². The van der Waals surface area contributed by atoms with Crippen LogP contribution >= 0.6 is 7.26 Å². The zero-order chi connectivity index (χ0) is 20.5. The van der Waals surface area contributed by atoms with E-state index in [2.05, 4.69) is 97.2 Å². The molecule has 0 saturated heterocycles. The quantitative estimate of drug-likeness (QED) is 0.187. The van der Waals surface area contributed by atoms with E-state index in [-0.39, 0.29) is 0 Å². The maximum absolute atomic E-state index is 5.93. The molecule has 0 atom stereocenters. The molecule has 0 aromatic heterocycles. The lowest BCUT2D eigenvalue weighted by atomic mass is 10.3. The molecule has 4 aromatic carbocycles. The number of rotatable bonds is 9. The summed E-state index contributed by atoms with van der Waals surface area (Å²) in [6.45, 7) is 0.721. The van der Waals surface area contributed by atoms with Crippen molar-refractivity contribution in [1.82, 2.24) is 0 Å². The van der Waals surface area contributed by atoms with Crippen molar-refractivity contribution >= 4 is 23.2 Å². The largest absolute Gasteiger partial charge is 0.494 e. The number of hydrogen-bond acceptors (Lipinski definition) is 1. The average Bonchev–Trinajstić information content (AvgIpc) is 2.84. The minimum absolute atomic E-state index is 0.721. The van der Waals surface area contributed by atoms with Gasteiger partial charge >= 0.3 is 0 Å². The van der Waals surface area contributed by atoms with Gasteiger partial charge in [-0.15, -0.1) is 6.42 Å². The van der Waals surface area contributed by atoms with Gasteiger partial charge in [-0.05, 0) is 62.2 Å². The summed E-state index contributed by atoms with van der Waals surface area (Å²) in [6, 6.07) is 43.0. The van der Waals surface area contributed by atoms with E-state index in [0.29, 0.717) is 0 Å². The average molecular weight is 410 g/mol. The molecule has 0 amide bonds. The van der Waals surface area contributed by atoms with Crippen LogP contribution in [-0.2, 0) is 0 Å². The van der Waals surface area contributed by atoms with Gasteiger partial charge in [0.05, 0.1) is 22.5 Å². The number of hydrogen-bond donors (Lipinski definition) is 0. The highest BCUT2D eigenvalue weighted by Gasteiger charge is 2.36. The van der Waals surface area contributed by atoms with Crippen LogP contribution in [0.4, 0.5) is 0 Å². The molecule has 0 fully saturated rings. The van der Waals surface area contributed by atoms with E-state index in [0.717, 1.165) is 25.2 Å². The highest BCUT2D eigenvalue weighted by atomic mass is 31.2. The third-order valence-electron chi connectivity index (χ3n) is 5.25. The van der Waals surface area contributed by atoms with Gasteiger partial charge in [0.15, 0.2) is 0 Å². The molecule has 0 heterocycles. The lowest BCUT2D eigenvalue weighted by molar-refractivity contribution is 0.311. The Bertz CT molecular complexity index is 905. The van der Waals surface area contributed by atoms with E-state index < -0.39 is 7.26 Å². The predicted octanol–water partition coefficient (Wildman–Crippen LogP) is 6.00. The van der Waals surface area contributed by atoms with Crippen molar-refractivity contribution in [1.29, 1.82) is 0 Å². The highest BCUT2D eigenvalue weighted by molar-refractivity contribution is 7.97. The number of ether oxygens (including phenoxy) is 1. The Kier molecular flexibility index (Phi) is 6.95. The van der Waals surface area contributed by atoms with E-state index in [9.17, 15) is 0 Å². The van der Waals surface area contributed by atoms with Crippen LogP contribution in [0.25, 0.3) is 0 Å². The molecule has 0 bridgehead atoms. The molecule has 0 radical (unpaired) electrons. The monoisotopic (exact) mass is 410 g/mol. The molecular formula is C28H27OP. The van der Waals surface area contributed by atoms with Crippen molar-refractivity contribution in [2.75, 3.05) is 6.61 Å². The summed E-state index contributed by atoms with van der Waals surface area (Å²) in [7, 11) is -1.85. The van der Waals surface area contributed by atoms with Gasteiger partial charge in [0.1, 0.15) is 5.75 Å². The Morgan fingerprint density at radius 3 is 1.37 bits per heavy atom. The van der Waals surface area contributed by atoms with Crippen molar-refractivity contribution in [2.24, 2.45) is 0 Å². The molecule has 0 aliphatic rings. The molecule has 2 heteroatoms. The topological polar surface area (TPSA) is 9.23 Å². The summed E-state index contributed by atoms with van der Waals surface area (Å²) in [5, 5.41) is 4.18. The van der Waals surface area contributed by atoms with Crippen LogP contribution in [0.2, 0.25) is 0 Å². The highest BCUT2D eigenvalue weighted by Crippen LogP contribution is 2.59. The fourth-order valence-corrected chi connectivity index (χ4v) is 7.85. The molecule has 30 heavy (non-hydrogen) atoms. The maximum Gasteiger partial charge on any atom is 0.119 e. The first-order chi connectivity index (χ1) is 14.9. The first kappa shape index (κ1) is 20.4. The summed E-state index contributed by atoms with van der Waals surface area (Å²) in [4.78, 5) is 0. The van der Waals surface area contributed by atoms with Gasteiger partial charge in [-0.1, -0.05) is 72.8 Å². The van der Waals surface area contributed by atoms with Gasteiger partial charge in [0.2, 0.25) is 0 Å². The SMILES string of the molecule is c1ccc(OCCC[CH-][P+](c2ccccc2)(c2ccccc2)c2ccccc2)cc1. The number of unbranched alkanes of at least 4 members (excludes halogenated alkanes) is 1. The zero-order valence-corrected chi connectivity index (χ0v) is 18.0. The van der Waals surface area contributed by atoms with E-state index in [1.165, 1.54) is 15.9 Å². The third kappa shape index (κ3) is 4.64. The molecule has 0 unspecified atom stereocenters. The molecule has 4 aromatic rings. The predicted molar refractivity (Wildman–Crippen MR) is 131 cm³/mol. The van der Waals surface area contributed by atoms with Crippen LogP contribution in [0.5, 0.6) is 5.75 Å². The van der Waals surface area contributed by atoms with Crippen molar-refractivity contribution in [3.63, 3.8) is 0 Å². The summed E-state index contributed by atoms with van der Waals surface area (Å²) < 4.78 is 5.93. The van der Waals surface area contributed by atoms with Crippen molar-refractivity contribution in [2.45, 2.75) is 12.8 Å². The van der Waals surface area contributed by atoms with Gasteiger partial charge < -0.3 is 4.74 Å².